The van der Waals surface area contributed by atoms with Gasteiger partial charge in [0.2, 0.25) is 0 Å². The summed E-state index contributed by atoms with van der Waals surface area (Å²) in [5, 5.41) is 0. The molecular formula is C16H27IO2. The maximum absolute atomic E-state index is 6.01. The first-order chi connectivity index (χ1) is 8.93. The second-order valence-corrected chi connectivity index (χ2v) is 7.80. The molecule has 0 aromatic rings. The first-order valence-electron chi connectivity index (χ1n) is 7.55. The highest BCUT2D eigenvalue weighted by Crippen LogP contribution is 2.52. The van der Waals surface area contributed by atoms with Gasteiger partial charge in [-0.05, 0) is 25.2 Å². The van der Waals surface area contributed by atoms with Crippen LogP contribution in [0, 0.1) is 5.41 Å². The zero-order valence-electron chi connectivity index (χ0n) is 12.7. The average molecular weight is 378 g/mol. The molecule has 19 heavy (non-hydrogen) atoms. The summed E-state index contributed by atoms with van der Waals surface area (Å²) in [6.45, 7) is 10.7. The van der Waals surface area contributed by atoms with Crippen molar-refractivity contribution in [2.45, 2.75) is 69.5 Å². The fourth-order valence-corrected chi connectivity index (χ4v) is 4.59. The van der Waals surface area contributed by atoms with Crippen molar-refractivity contribution in [1.82, 2.24) is 0 Å². The second-order valence-electron chi connectivity index (χ2n) is 6.55. The number of alkyl halides is 1. The Morgan fingerprint density at radius 2 is 1.84 bits per heavy atom. The summed E-state index contributed by atoms with van der Waals surface area (Å²) in [5.74, 6) is -0.359. The predicted octanol–water partition coefficient (Wildman–Crippen LogP) is 4.86. The van der Waals surface area contributed by atoms with Gasteiger partial charge in [0.1, 0.15) is 0 Å². The Hall–Kier alpha value is 0.390. The lowest BCUT2D eigenvalue weighted by Gasteiger charge is -2.46. The molecule has 3 heteroatoms. The minimum atomic E-state index is -0.359. The highest BCUT2D eigenvalue weighted by Gasteiger charge is 2.52. The van der Waals surface area contributed by atoms with Crippen molar-refractivity contribution in [3.05, 3.63) is 11.1 Å². The quantitative estimate of drug-likeness (QED) is 0.301. The van der Waals surface area contributed by atoms with Gasteiger partial charge in [0.25, 0.3) is 0 Å². The molecule has 0 radical (unpaired) electrons. The predicted molar refractivity (Wildman–Crippen MR) is 87.7 cm³/mol. The number of hydrogen-bond acceptors (Lipinski definition) is 2. The maximum Gasteiger partial charge on any atom is 0.184 e. The molecule has 2 rings (SSSR count). The molecular weight excluding hydrogens is 351 g/mol. The molecule has 0 N–H and O–H groups in total. The largest absolute Gasteiger partial charge is 0.346 e. The molecule has 0 amide bonds. The number of halogens is 1. The molecule has 110 valence electrons. The lowest BCUT2D eigenvalue weighted by molar-refractivity contribution is -0.171. The molecule has 1 atom stereocenters. The van der Waals surface area contributed by atoms with Crippen LogP contribution >= 0.6 is 22.6 Å². The molecule has 1 spiro atoms. The van der Waals surface area contributed by atoms with Crippen molar-refractivity contribution >= 4 is 22.6 Å². The van der Waals surface area contributed by atoms with E-state index in [-0.39, 0.29) is 11.2 Å². The van der Waals surface area contributed by atoms with Gasteiger partial charge < -0.3 is 9.47 Å². The van der Waals surface area contributed by atoms with E-state index in [9.17, 15) is 0 Å². The van der Waals surface area contributed by atoms with Crippen molar-refractivity contribution in [2.75, 3.05) is 13.2 Å². The van der Waals surface area contributed by atoms with Crippen LogP contribution in [0.15, 0.2) is 11.1 Å². The van der Waals surface area contributed by atoms with Crippen molar-refractivity contribution in [1.29, 1.82) is 0 Å². The van der Waals surface area contributed by atoms with E-state index in [0.29, 0.717) is 3.92 Å². The summed E-state index contributed by atoms with van der Waals surface area (Å²) in [4.78, 5) is 0. The molecule has 0 saturated carbocycles. The Morgan fingerprint density at radius 3 is 2.42 bits per heavy atom. The van der Waals surface area contributed by atoms with Gasteiger partial charge in [0, 0.05) is 6.42 Å². The topological polar surface area (TPSA) is 18.5 Å². The van der Waals surface area contributed by atoms with Gasteiger partial charge in [-0.15, -0.1) is 0 Å². The third-order valence-corrected chi connectivity index (χ3v) is 6.44. The van der Waals surface area contributed by atoms with E-state index in [1.807, 2.05) is 0 Å². The highest BCUT2D eigenvalue weighted by atomic mass is 127. The van der Waals surface area contributed by atoms with Gasteiger partial charge >= 0.3 is 0 Å². The van der Waals surface area contributed by atoms with Crippen LogP contribution in [0.1, 0.15) is 59.8 Å². The maximum atomic E-state index is 6.01. The minimum Gasteiger partial charge on any atom is -0.346 e. The molecule has 1 heterocycles. The summed E-state index contributed by atoms with van der Waals surface area (Å²) < 4.78 is 12.4. The van der Waals surface area contributed by atoms with E-state index < -0.39 is 0 Å². The molecule has 2 aliphatic rings. The summed E-state index contributed by atoms with van der Waals surface area (Å²) in [6.07, 6.45) is 6.16. The molecule has 1 unspecified atom stereocenters. The molecule has 0 aromatic heterocycles. The van der Waals surface area contributed by atoms with E-state index >= 15 is 0 Å². The average Bonchev–Trinajstić information content (AvgIpc) is 2.80. The van der Waals surface area contributed by atoms with Crippen molar-refractivity contribution in [2.24, 2.45) is 5.41 Å². The third kappa shape index (κ3) is 3.03. The van der Waals surface area contributed by atoms with Crippen LogP contribution in [0.2, 0.25) is 0 Å². The Balaban J connectivity index is 2.23. The Labute approximate surface area is 131 Å². The summed E-state index contributed by atoms with van der Waals surface area (Å²) in [5.41, 5.74) is 3.34. The third-order valence-electron chi connectivity index (χ3n) is 4.55. The number of unbranched alkanes of at least 4 members (excludes halogenated alkanes) is 2. The molecule has 1 saturated heterocycles. The van der Waals surface area contributed by atoms with Gasteiger partial charge in [-0.25, -0.2) is 0 Å². The van der Waals surface area contributed by atoms with Gasteiger partial charge in [-0.3, -0.25) is 0 Å². The van der Waals surface area contributed by atoms with Crippen LogP contribution in [0.3, 0.4) is 0 Å². The minimum absolute atomic E-state index is 0.198. The molecule has 1 fully saturated rings. The highest BCUT2D eigenvalue weighted by molar-refractivity contribution is 14.1. The van der Waals surface area contributed by atoms with E-state index in [1.54, 1.807) is 5.57 Å². The number of rotatable bonds is 4. The van der Waals surface area contributed by atoms with Gasteiger partial charge in [-0.2, -0.15) is 0 Å². The molecule has 1 aliphatic heterocycles. The van der Waals surface area contributed by atoms with Crippen molar-refractivity contribution < 1.29 is 9.47 Å². The Kier molecular flexibility index (Phi) is 5.00. The monoisotopic (exact) mass is 378 g/mol. The summed E-state index contributed by atoms with van der Waals surface area (Å²) in [6, 6.07) is 0. The Bertz CT molecular complexity index is 354. The molecule has 2 nitrogen and oxygen atoms in total. The number of ether oxygens (including phenoxy) is 2. The standard InChI is InChI=1S/C16H27IO2/c1-5-6-7-8-13-12(2)14(17)16(11-15(13,3)4)18-9-10-19-16/h14H,5-11H2,1-4H3. The van der Waals surface area contributed by atoms with Crippen LogP contribution in [0.4, 0.5) is 0 Å². The van der Waals surface area contributed by atoms with E-state index in [4.69, 9.17) is 9.47 Å². The SMILES string of the molecule is CCCCCC1=C(C)C(I)C2(CC1(C)C)OCCO2. The normalized spacial score (nSPS) is 29.2. The van der Waals surface area contributed by atoms with Crippen LogP contribution in [-0.2, 0) is 9.47 Å². The van der Waals surface area contributed by atoms with Crippen LogP contribution in [0.25, 0.3) is 0 Å². The van der Waals surface area contributed by atoms with E-state index in [2.05, 4.69) is 50.3 Å². The van der Waals surface area contributed by atoms with Gasteiger partial charge in [-0.1, -0.05) is 67.3 Å². The fraction of sp³-hybridized carbons (Fsp3) is 0.875. The summed E-state index contributed by atoms with van der Waals surface area (Å²) >= 11 is 2.52. The lowest BCUT2D eigenvalue weighted by Crippen LogP contribution is -2.49. The summed E-state index contributed by atoms with van der Waals surface area (Å²) in [7, 11) is 0. The molecule has 1 aliphatic carbocycles. The van der Waals surface area contributed by atoms with Gasteiger partial charge in [0.15, 0.2) is 5.79 Å². The van der Waals surface area contributed by atoms with Crippen LogP contribution < -0.4 is 0 Å². The van der Waals surface area contributed by atoms with Gasteiger partial charge in [0.05, 0.1) is 17.1 Å². The van der Waals surface area contributed by atoms with E-state index in [0.717, 1.165) is 19.6 Å². The van der Waals surface area contributed by atoms with Crippen LogP contribution in [-0.4, -0.2) is 22.9 Å². The van der Waals surface area contributed by atoms with Crippen molar-refractivity contribution in [3.8, 4) is 0 Å². The van der Waals surface area contributed by atoms with Crippen molar-refractivity contribution in [3.63, 3.8) is 0 Å². The van der Waals surface area contributed by atoms with Crippen LogP contribution in [0.5, 0.6) is 0 Å². The zero-order chi connectivity index (χ0) is 14.1. The number of allylic oxidation sites excluding steroid dienone is 1. The number of hydrogen-bond donors (Lipinski definition) is 0. The fourth-order valence-electron chi connectivity index (χ4n) is 3.64. The molecule has 0 bridgehead atoms. The first-order valence-corrected chi connectivity index (χ1v) is 8.79. The lowest BCUT2D eigenvalue weighted by atomic mass is 9.68. The smallest absolute Gasteiger partial charge is 0.184 e. The Morgan fingerprint density at radius 1 is 1.21 bits per heavy atom. The first kappa shape index (κ1) is 15.8. The zero-order valence-corrected chi connectivity index (χ0v) is 14.9. The van der Waals surface area contributed by atoms with E-state index in [1.165, 1.54) is 31.3 Å². The molecule has 0 aromatic carbocycles. The second kappa shape index (κ2) is 6.02.